The highest BCUT2D eigenvalue weighted by Gasteiger charge is 2.19. The van der Waals surface area contributed by atoms with Gasteiger partial charge in [-0.15, -0.1) is 5.10 Å². The quantitative estimate of drug-likeness (QED) is 0.546. The molecule has 1 aliphatic heterocycles. The fraction of sp³-hybridized carbons (Fsp3) is 0.167. The van der Waals surface area contributed by atoms with E-state index in [9.17, 15) is 4.79 Å². The predicted octanol–water partition coefficient (Wildman–Crippen LogP) is 4.25. The van der Waals surface area contributed by atoms with Crippen LogP contribution in [0.2, 0.25) is 0 Å². The van der Waals surface area contributed by atoms with E-state index < -0.39 is 0 Å². The molecule has 0 spiro atoms. The van der Waals surface area contributed by atoms with Gasteiger partial charge >= 0.3 is 0 Å². The Morgan fingerprint density at radius 3 is 2.45 bits per heavy atom. The minimum absolute atomic E-state index is 0.0852. The van der Waals surface area contributed by atoms with Crippen LogP contribution < -0.4 is 5.32 Å². The molecule has 5 rings (SSSR count). The van der Waals surface area contributed by atoms with E-state index in [1.807, 2.05) is 59.6 Å². The molecule has 1 saturated heterocycles. The number of anilines is 2. The summed E-state index contributed by atoms with van der Waals surface area (Å²) in [5.74, 6) is 0.557. The largest absolute Gasteiger partial charge is 0.339 e. The first-order valence-electron chi connectivity index (χ1n) is 10.2. The molecule has 7 heteroatoms. The Bertz CT molecular complexity index is 1280. The summed E-state index contributed by atoms with van der Waals surface area (Å²) in [4.78, 5) is 19.1. The molecule has 0 radical (unpaired) electrons. The number of amides is 1. The van der Waals surface area contributed by atoms with E-state index in [1.54, 1.807) is 16.6 Å². The van der Waals surface area contributed by atoms with E-state index in [0.29, 0.717) is 17.1 Å². The number of carbonyl (C=O) groups excluding carboxylic acids is 1. The fourth-order valence-corrected chi connectivity index (χ4v) is 3.84. The van der Waals surface area contributed by atoms with Crippen LogP contribution in [0, 0.1) is 11.3 Å². The standard InChI is InChI=1S/C24H20N6O/c25-16-17-5-7-18(8-6-17)21-4-3-15-30-22(21)27-24(28-30)26-20-11-9-19(10-12-20)23(31)29-13-1-2-14-29/h3-12,15H,1-2,13-14H2,(H,26,28). The first kappa shape index (κ1) is 18.8. The number of rotatable bonds is 4. The number of hydrogen-bond donors (Lipinski definition) is 1. The van der Waals surface area contributed by atoms with Gasteiger partial charge in [0.1, 0.15) is 0 Å². The average Bonchev–Trinajstić information content (AvgIpc) is 3.49. The zero-order valence-corrected chi connectivity index (χ0v) is 16.8. The molecule has 1 N–H and O–H groups in total. The van der Waals surface area contributed by atoms with Crippen LogP contribution >= 0.6 is 0 Å². The Labute approximate surface area is 179 Å². The number of aromatic nitrogens is 3. The van der Waals surface area contributed by atoms with E-state index in [4.69, 9.17) is 5.26 Å². The Hall–Kier alpha value is -4.18. The molecule has 0 unspecified atom stereocenters. The number of benzene rings is 2. The van der Waals surface area contributed by atoms with Gasteiger partial charge in [-0.2, -0.15) is 10.2 Å². The highest BCUT2D eigenvalue weighted by atomic mass is 16.2. The van der Waals surface area contributed by atoms with Gasteiger partial charge in [-0.25, -0.2) is 4.52 Å². The van der Waals surface area contributed by atoms with Crippen molar-refractivity contribution in [1.82, 2.24) is 19.5 Å². The number of carbonyl (C=O) groups is 1. The lowest BCUT2D eigenvalue weighted by Gasteiger charge is -2.15. The number of hydrogen-bond acceptors (Lipinski definition) is 5. The van der Waals surface area contributed by atoms with Crippen LogP contribution in [0.1, 0.15) is 28.8 Å². The zero-order valence-electron chi connectivity index (χ0n) is 16.8. The average molecular weight is 408 g/mol. The third-order valence-electron chi connectivity index (χ3n) is 5.47. The SMILES string of the molecule is N#Cc1ccc(-c2cccn3nc(Nc4ccc(C(=O)N5CCCC5)cc4)nc23)cc1. The molecule has 31 heavy (non-hydrogen) atoms. The maximum Gasteiger partial charge on any atom is 0.253 e. The smallest absolute Gasteiger partial charge is 0.253 e. The summed E-state index contributed by atoms with van der Waals surface area (Å²) in [6.07, 6.45) is 4.00. The molecular weight excluding hydrogens is 388 g/mol. The molecule has 1 amide bonds. The van der Waals surface area contributed by atoms with Crippen LogP contribution in [-0.4, -0.2) is 38.5 Å². The minimum Gasteiger partial charge on any atom is -0.339 e. The molecule has 4 aromatic rings. The van der Waals surface area contributed by atoms with Crippen LogP contribution in [-0.2, 0) is 0 Å². The Morgan fingerprint density at radius 1 is 1.00 bits per heavy atom. The Kier molecular flexibility index (Phi) is 4.81. The van der Waals surface area contributed by atoms with Gasteiger partial charge in [-0.05, 0) is 66.9 Å². The van der Waals surface area contributed by atoms with Crippen molar-refractivity contribution in [3.63, 3.8) is 0 Å². The third-order valence-corrected chi connectivity index (χ3v) is 5.47. The van der Waals surface area contributed by atoms with Gasteiger partial charge in [-0.1, -0.05) is 12.1 Å². The van der Waals surface area contributed by atoms with Crippen molar-refractivity contribution in [2.75, 3.05) is 18.4 Å². The second kappa shape index (κ2) is 7.92. The van der Waals surface area contributed by atoms with Crippen molar-refractivity contribution >= 4 is 23.2 Å². The van der Waals surface area contributed by atoms with Gasteiger partial charge < -0.3 is 10.2 Å². The molecule has 1 aliphatic rings. The van der Waals surface area contributed by atoms with Crippen molar-refractivity contribution in [3.05, 3.63) is 78.0 Å². The van der Waals surface area contributed by atoms with Crippen molar-refractivity contribution in [1.29, 1.82) is 5.26 Å². The molecule has 0 aliphatic carbocycles. The van der Waals surface area contributed by atoms with Gasteiger partial charge in [0, 0.05) is 36.1 Å². The van der Waals surface area contributed by atoms with E-state index >= 15 is 0 Å². The second-order valence-electron chi connectivity index (χ2n) is 7.52. The molecular formula is C24H20N6O. The monoisotopic (exact) mass is 408 g/mol. The van der Waals surface area contributed by atoms with Crippen molar-refractivity contribution < 1.29 is 4.79 Å². The highest BCUT2D eigenvalue weighted by molar-refractivity contribution is 5.94. The van der Waals surface area contributed by atoms with Gasteiger partial charge in [0.15, 0.2) is 5.65 Å². The predicted molar refractivity (Wildman–Crippen MR) is 118 cm³/mol. The Morgan fingerprint density at radius 2 is 1.74 bits per heavy atom. The topological polar surface area (TPSA) is 86.3 Å². The molecule has 7 nitrogen and oxygen atoms in total. The molecule has 2 aromatic heterocycles. The van der Waals surface area contributed by atoms with Crippen LogP contribution in [0.5, 0.6) is 0 Å². The van der Waals surface area contributed by atoms with Crippen molar-refractivity contribution in [2.24, 2.45) is 0 Å². The molecule has 0 bridgehead atoms. The molecule has 3 heterocycles. The van der Waals surface area contributed by atoms with Gasteiger partial charge in [0.25, 0.3) is 5.91 Å². The third kappa shape index (κ3) is 3.71. The summed E-state index contributed by atoms with van der Waals surface area (Å²) in [6, 6.07) is 20.8. The van der Waals surface area contributed by atoms with Crippen molar-refractivity contribution in [3.8, 4) is 17.2 Å². The Balaban J connectivity index is 1.38. The maximum absolute atomic E-state index is 12.5. The van der Waals surface area contributed by atoms with Crippen LogP contribution in [0.15, 0.2) is 66.9 Å². The summed E-state index contributed by atoms with van der Waals surface area (Å²) in [7, 11) is 0. The van der Waals surface area contributed by atoms with Crippen LogP contribution in [0.25, 0.3) is 16.8 Å². The first-order chi connectivity index (χ1) is 15.2. The number of nitriles is 1. The van der Waals surface area contributed by atoms with Crippen LogP contribution in [0.3, 0.4) is 0 Å². The molecule has 2 aromatic carbocycles. The lowest BCUT2D eigenvalue weighted by molar-refractivity contribution is 0.0793. The summed E-state index contributed by atoms with van der Waals surface area (Å²) >= 11 is 0. The molecule has 0 atom stereocenters. The van der Waals surface area contributed by atoms with E-state index in [1.165, 1.54) is 0 Å². The minimum atomic E-state index is 0.0852. The number of nitrogens with one attached hydrogen (secondary N) is 1. The van der Waals surface area contributed by atoms with E-state index in [-0.39, 0.29) is 5.91 Å². The van der Waals surface area contributed by atoms with E-state index in [0.717, 1.165) is 48.4 Å². The first-order valence-corrected chi connectivity index (χ1v) is 10.2. The molecule has 152 valence electrons. The molecule has 1 fully saturated rings. The number of nitrogens with zero attached hydrogens (tertiary/aromatic N) is 5. The summed E-state index contributed by atoms with van der Waals surface area (Å²) in [5.41, 5.74) is 4.74. The van der Waals surface area contributed by atoms with Crippen molar-refractivity contribution in [2.45, 2.75) is 12.8 Å². The van der Waals surface area contributed by atoms with Gasteiger partial charge in [0.05, 0.1) is 11.6 Å². The lowest BCUT2D eigenvalue weighted by atomic mass is 10.1. The van der Waals surface area contributed by atoms with Crippen LogP contribution in [0.4, 0.5) is 11.6 Å². The lowest BCUT2D eigenvalue weighted by Crippen LogP contribution is -2.27. The summed E-state index contributed by atoms with van der Waals surface area (Å²) in [5, 5.41) is 16.7. The highest BCUT2D eigenvalue weighted by Crippen LogP contribution is 2.25. The number of likely N-dealkylation sites (tertiary alicyclic amines) is 1. The number of pyridine rings is 1. The van der Waals surface area contributed by atoms with Gasteiger partial charge in [-0.3, -0.25) is 4.79 Å². The van der Waals surface area contributed by atoms with Gasteiger partial charge in [0.2, 0.25) is 5.95 Å². The summed E-state index contributed by atoms with van der Waals surface area (Å²) in [6.45, 7) is 1.68. The fourth-order valence-electron chi connectivity index (χ4n) is 3.84. The number of fused-ring (bicyclic) bond motifs is 1. The summed E-state index contributed by atoms with van der Waals surface area (Å²) < 4.78 is 1.72. The second-order valence-corrected chi connectivity index (χ2v) is 7.52. The maximum atomic E-state index is 12.5. The molecule has 0 saturated carbocycles. The zero-order chi connectivity index (χ0) is 21.2. The van der Waals surface area contributed by atoms with E-state index in [2.05, 4.69) is 21.5 Å². The normalized spacial score (nSPS) is 13.3.